The molecule has 1 aliphatic heterocycles. The lowest BCUT2D eigenvalue weighted by Crippen LogP contribution is -2.31. The minimum Gasteiger partial charge on any atom is -0.494 e. The van der Waals surface area contributed by atoms with Crippen molar-refractivity contribution in [2.45, 2.75) is 39.5 Å². The normalized spacial score (nSPS) is 15.0. The number of amides is 1. The van der Waals surface area contributed by atoms with E-state index >= 15 is 0 Å². The van der Waals surface area contributed by atoms with Gasteiger partial charge in [0.05, 0.1) is 11.5 Å². The average molecular weight is 415 g/mol. The highest BCUT2D eigenvalue weighted by atomic mass is 32.1. The summed E-state index contributed by atoms with van der Waals surface area (Å²) in [5.74, 6) is 0.733. The van der Waals surface area contributed by atoms with E-state index in [1.54, 1.807) is 6.07 Å². The first-order valence-electron chi connectivity index (χ1n) is 9.37. The third kappa shape index (κ3) is 4.19. The number of ether oxygens (including phenoxy) is 2. The number of carbonyl (C=O) groups excluding carboxylic acids is 1. The van der Waals surface area contributed by atoms with Gasteiger partial charge in [-0.3, -0.25) is 4.79 Å². The van der Waals surface area contributed by atoms with Gasteiger partial charge in [-0.05, 0) is 37.4 Å². The first kappa shape index (κ1) is 19.3. The first-order chi connectivity index (χ1) is 14.0. The zero-order valence-electron chi connectivity index (χ0n) is 16.1. The van der Waals surface area contributed by atoms with Crippen molar-refractivity contribution in [3.05, 3.63) is 51.3 Å². The van der Waals surface area contributed by atoms with Crippen LogP contribution in [0.4, 0.5) is 0 Å². The number of hydrogen-bond donors (Lipinski definition) is 1. The second kappa shape index (κ2) is 8.12. The third-order valence-electron chi connectivity index (χ3n) is 4.49. The average Bonchev–Trinajstić information content (AvgIpc) is 3.40. The Morgan fingerprint density at radius 2 is 2.31 bits per heavy atom. The Bertz CT molecular complexity index is 1070. The van der Waals surface area contributed by atoms with Gasteiger partial charge in [0, 0.05) is 24.1 Å². The van der Waals surface area contributed by atoms with Gasteiger partial charge >= 0.3 is 5.76 Å². The molecule has 0 aliphatic carbocycles. The first-order valence-corrected chi connectivity index (χ1v) is 10.2. The van der Waals surface area contributed by atoms with E-state index in [9.17, 15) is 9.59 Å². The van der Waals surface area contributed by atoms with Crippen LogP contribution >= 0.6 is 11.3 Å². The molecule has 3 heterocycles. The predicted octanol–water partition coefficient (Wildman–Crippen LogP) is 2.60. The number of aromatic nitrogens is 2. The second-order valence-corrected chi connectivity index (χ2v) is 7.67. The number of rotatable bonds is 7. The molecule has 1 amide bonds. The number of nitrogens with one attached hydrogen (secondary N) is 1. The minimum absolute atomic E-state index is 0.126. The van der Waals surface area contributed by atoms with Crippen LogP contribution in [0.5, 0.6) is 11.5 Å². The van der Waals surface area contributed by atoms with Crippen LogP contribution in [0.2, 0.25) is 0 Å². The van der Waals surface area contributed by atoms with Gasteiger partial charge in [-0.15, -0.1) is 16.4 Å². The summed E-state index contributed by atoms with van der Waals surface area (Å²) in [7, 11) is 0. The van der Waals surface area contributed by atoms with Gasteiger partial charge < -0.3 is 19.2 Å². The van der Waals surface area contributed by atoms with Crippen LogP contribution in [-0.2, 0) is 24.3 Å². The molecular formula is C20H21N3O5S. The van der Waals surface area contributed by atoms with Crippen molar-refractivity contribution in [2.75, 3.05) is 6.61 Å². The van der Waals surface area contributed by atoms with Crippen LogP contribution in [0.25, 0.3) is 10.8 Å². The molecule has 0 unspecified atom stereocenters. The van der Waals surface area contributed by atoms with E-state index in [2.05, 4.69) is 10.4 Å². The number of nitrogens with zero attached hydrogens (tertiary/aromatic N) is 2. The molecule has 1 aromatic carbocycles. The summed E-state index contributed by atoms with van der Waals surface area (Å²) in [5.41, 5.74) is 1.92. The number of benzene rings is 1. The molecule has 0 radical (unpaired) electrons. The van der Waals surface area contributed by atoms with E-state index in [1.807, 2.05) is 37.4 Å². The van der Waals surface area contributed by atoms with Crippen molar-refractivity contribution in [1.29, 1.82) is 0 Å². The summed E-state index contributed by atoms with van der Waals surface area (Å²) in [5, 5.41) is 8.76. The molecule has 2 aromatic heterocycles. The van der Waals surface area contributed by atoms with E-state index in [0.29, 0.717) is 6.61 Å². The van der Waals surface area contributed by atoms with Crippen molar-refractivity contribution >= 4 is 17.2 Å². The maximum atomic E-state index is 12.4. The van der Waals surface area contributed by atoms with E-state index in [-0.39, 0.29) is 31.0 Å². The molecule has 1 N–H and O–H groups in total. The Hall–Kier alpha value is -3.07. The Kier molecular flexibility index (Phi) is 5.39. The van der Waals surface area contributed by atoms with Crippen molar-refractivity contribution in [3.8, 4) is 22.3 Å². The summed E-state index contributed by atoms with van der Waals surface area (Å²) in [6, 6.07) is 7.51. The van der Waals surface area contributed by atoms with Gasteiger partial charge in [0.2, 0.25) is 5.91 Å². The molecule has 0 fully saturated rings. The van der Waals surface area contributed by atoms with Gasteiger partial charge in [0.1, 0.15) is 24.1 Å². The molecule has 1 aliphatic rings. The van der Waals surface area contributed by atoms with Crippen LogP contribution in [0.3, 0.4) is 0 Å². The molecule has 0 spiro atoms. The van der Waals surface area contributed by atoms with E-state index in [0.717, 1.165) is 38.6 Å². The predicted molar refractivity (Wildman–Crippen MR) is 107 cm³/mol. The molecule has 8 nitrogen and oxygen atoms in total. The van der Waals surface area contributed by atoms with Gasteiger partial charge in [-0.1, -0.05) is 6.07 Å². The van der Waals surface area contributed by atoms with Crippen LogP contribution in [0.1, 0.15) is 25.0 Å². The van der Waals surface area contributed by atoms with Crippen molar-refractivity contribution < 1.29 is 18.7 Å². The Balaban J connectivity index is 1.44. The molecule has 4 rings (SSSR count). The summed E-state index contributed by atoms with van der Waals surface area (Å²) in [4.78, 5) is 25.1. The maximum absolute atomic E-state index is 12.4. The van der Waals surface area contributed by atoms with Crippen molar-refractivity contribution in [1.82, 2.24) is 15.1 Å². The molecule has 1 atom stereocenters. The fourth-order valence-corrected chi connectivity index (χ4v) is 3.85. The number of fused-ring (bicyclic) bond motifs is 1. The lowest BCUT2D eigenvalue weighted by atomic mass is 10.1. The summed E-state index contributed by atoms with van der Waals surface area (Å²) in [6.07, 6.45) is 0.963. The highest BCUT2D eigenvalue weighted by molar-refractivity contribution is 7.13. The fourth-order valence-electron chi connectivity index (χ4n) is 3.20. The summed E-state index contributed by atoms with van der Waals surface area (Å²) < 4.78 is 17.7. The molecule has 0 saturated heterocycles. The quantitative estimate of drug-likeness (QED) is 0.637. The van der Waals surface area contributed by atoms with Crippen LogP contribution in [0.15, 0.2) is 38.9 Å². The van der Waals surface area contributed by atoms with Gasteiger partial charge in [0.15, 0.2) is 0 Å². The van der Waals surface area contributed by atoms with Crippen LogP contribution in [-0.4, -0.2) is 28.4 Å². The largest absolute Gasteiger partial charge is 0.494 e. The smallest absolute Gasteiger partial charge is 0.437 e. The molecule has 29 heavy (non-hydrogen) atoms. The molecule has 0 bridgehead atoms. The fraction of sp³-hybridized carbons (Fsp3) is 0.350. The number of thiophene rings is 1. The molecular weight excluding hydrogens is 394 g/mol. The monoisotopic (exact) mass is 415 g/mol. The molecule has 9 heteroatoms. The standard InChI is InChI=1S/C20H21N3O5S/c1-3-26-15-8-13-7-12(2)27-16(13)9-14(15)10-21-18(24)11-23-20(25)28-19(22-23)17-5-4-6-29-17/h4-6,8-9,12H,3,7,10-11H2,1-2H3,(H,21,24)/t12-/m0/s1. The molecule has 3 aromatic rings. The maximum Gasteiger partial charge on any atom is 0.437 e. The third-order valence-corrected chi connectivity index (χ3v) is 5.34. The second-order valence-electron chi connectivity index (χ2n) is 6.72. The van der Waals surface area contributed by atoms with Gasteiger partial charge in [-0.2, -0.15) is 4.68 Å². The summed E-state index contributed by atoms with van der Waals surface area (Å²) in [6.45, 7) is 4.48. The SMILES string of the molecule is CCOc1cc2c(cc1CNC(=O)Cn1nc(-c3cccs3)oc1=O)O[C@@H](C)C2. The molecule has 152 valence electrons. The van der Waals surface area contributed by atoms with E-state index < -0.39 is 5.76 Å². The van der Waals surface area contributed by atoms with Crippen molar-refractivity contribution in [3.63, 3.8) is 0 Å². The zero-order chi connectivity index (χ0) is 20.4. The lowest BCUT2D eigenvalue weighted by molar-refractivity contribution is -0.122. The van der Waals surface area contributed by atoms with Crippen LogP contribution < -0.4 is 20.5 Å². The van der Waals surface area contributed by atoms with Crippen LogP contribution in [0, 0.1) is 0 Å². The number of carbonyl (C=O) groups is 1. The van der Waals surface area contributed by atoms with E-state index in [1.165, 1.54) is 11.3 Å². The Morgan fingerprint density at radius 1 is 1.45 bits per heavy atom. The van der Waals surface area contributed by atoms with E-state index in [4.69, 9.17) is 13.9 Å². The minimum atomic E-state index is -0.668. The Labute approximate surface area is 171 Å². The van der Waals surface area contributed by atoms with Crippen molar-refractivity contribution in [2.24, 2.45) is 0 Å². The lowest BCUT2D eigenvalue weighted by Gasteiger charge is -2.13. The van der Waals surface area contributed by atoms with Gasteiger partial charge in [-0.25, -0.2) is 4.79 Å². The number of hydrogen-bond acceptors (Lipinski definition) is 7. The summed E-state index contributed by atoms with van der Waals surface area (Å²) >= 11 is 1.41. The molecule has 0 saturated carbocycles. The topological polar surface area (TPSA) is 95.6 Å². The van der Waals surface area contributed by atoms with Gasteiger partial charge in [0.25, 0.3) is 5.89 Å². The Morgan fingerprint density at radius 3 is 3.07 bits per heavy atom. The highest BCUT2D eigenvalue weighted by Crippen LogP contribution is 2.35. The zero-order valence-corrected chi connectivity index (χ0v) is 17.0. The highest BCUT2D eigenvalue weighted by Gasteiger charge is 2.22.